The Labute approximate surface area is 208 Å². The van der Waals surface area contributed by atoms with Gasteiger partial charge in [-0.25, -0.2) is 0 Å². The molecule has 0 aliphatic rings. The highest BCUT2D eigenvalue weighted by Gasteiger charge is 2.23. The van der Waals surface area contributed by atoms with E-state index in [1.165, 1.54) is 41.6 Å². The number of furan rings is 1. The average Bonchev–Trinajstić information content (AvgIpc) is 3.47. The normalized spacial score (nSPS) is 12.8. The zero-order chi connectivity index (χ0) is 23.8. The lowest BCUT2D eigenvalue weighted by Crippen LogP contribution is -2.11. The number of rotatable bonds is 3. The molecule has 4 aromatic heterocycles. The molecule has 0 atom stereocenters. The second-order valence-corrected chi connectivity index (χ2v) is 12.8. The molecule has 4 heteroatoms. The van der Waals surface area contributed by atoms with Gasteiger partial charge in [-0.05, 0) is 88.4 Å². The van der Waals surface area contributed by atoms with Gasteiger partial charge < -0.3 is 4.42 Å². The van der Waals surface area contributed by atoms with Gasteiger partial charge in [-0.3, -0.25) is 4.98 Å². The minimum atomic E-state index is 0.0509. The molecule has 0 fully saturated rings. The molecule has 0 bridgehead atoms. The zero-order valence-corrected chi connectivity index (χ0v) is 22.2. The number of hydrogen-bond acceptors (Lipinski definition) is 4. The molecule has 0 aliphatic heterocycles. The van der Waals surface area contributed by atoms with Crippen molar-refractivity contribution >= 4 is 64.8 Å². The molecule has 6 rings (SSSR count). The number of pyridine rings is 1. The van der Waals surface area contributed by atoms with Crippen molar-refractivity contribution in [2.24, 2.45) is 5.92 Å². The standard InChI is InChI=1S/C30H29NOS2/c1-16(2)13-24-17(3)20-7-8-22-26(29(20)34-24)25-23(32-22)9-11-31-27(25)19-14-18-10-12-33-28(18)21(15-19)30(4,5)6/h7-12,14-16H,13H2,1-6H3. The number of aryl methyl sites for hydroxylation is 1. The molecule has 0 N–H and O–H groups in total. The van der Waals surface area contributed by atoms with Crippen LogP contribution >= 0.6 is 22.7 Å². The van der Waals surface area contributed by atoms with Crippen LogP contribution in [-0.4, -0.2) is 4.98 Å². The van der Waals surface area contributed by atoms with E-state index in [0.29, 0.717) is 5.92 Å². The fourth-order valence-electron chi connectivity index (χ4n) is 5.09. The maximum atomic E-state index is 6.39. The second-order valence-electron chi connectivity index (χ2n) is 10.8. The van der Waals surface area contributed by atoms with E-state index in [9.17, 15) is 0 Å². The van der Waals surface area contributed by atoms with Crippen LogP contribution in [0.1, 0.15) is 50.6 Å². The number of aromatic nitrogens is 1. The first-order valence-electron chi connectivity index (χ1n) is 12.0. The lowest BCUT2D eigenvalue weighted by molar-refractivity contribution is 0.597. The highest BCUT2D eigenvalue weighted by molar-refractivity contribution is 7.20. The van der Waals surface area contributed by atoms with E-state index >= 15 is 0 Å². The third-order valence-electron chi connectivity index (χ3n) is 6.78. The van der Waals surface area contributed by atoms with E-state index in [1.807, 2.05) is 34.9 Å². The summed E-state index contributed by atoms with van der Waals surface area (Å²) in [5.74, 6) is 0.633. The SMILES string of the molecule is Cc1c(CC(C)C)sc2c1ccc1oc3ccnc(-c4cc(C(C)(C)C)c5sccc5c4)c3c12. The summed E-state index contributed by atoms with van der Waals surface area (Å²) >= 11 is 3.76. The maximum Gasteiger partial charge on any atom is 0.139 e. The fourth-order valence-corrected chi connectivity index (χ4v) is 7.75. The Morgan fingerprint density at radius 2 is 1.76 bits per heavy atom. The summed E-state index contributed by atoms with van der Waals surface area (Å²) in [6, 6.07) is 13.3. The molecule has 2 nitrogen and oxygen atoms in total. The number of nitrogens with zero attached hydrogens (tertiary/aromatic N) is 1. The average molecular weight is 484 g/mol. The van der Waals surface area contributed by atoms with Crippen molar-refractivity contribution in [3.05, 3.63) is 64.0 Å². The van der Waals surface area contributed by atoms with Crippen LogP contribution in [0.3, 0.4) is 0 Å². The summed E-state index contributed by atoms with van der Waals surface area (Å²) in [5, 5.41) is 7.17. The largest absolute Gasteiger partial charge is 0.456 e. The van der Waals surface area contributed by atoms with E-state index in [-0.39, 0.29) is 5.41 Å². The van der Waals surface area contributed by atoms with Gasteiger partial charge in [0.1, 0.15) is 11.2 Å². The van der Waals surface area contributed by atoms with Gasteiger partial charge in [0.15, 0.2) is 0 Å². The first kappa shape index (κ1) is 21.8. The first-order chi connectivity index (χ1) is 16.2. The Kier molecular flexibility index (Phi) is 4.91. The van der Waals surface area contributed by atoms with Crippen LogP contribution in [0.4, 0.5) is 0 Å². The number of hydrogen-bond donors (Lipinski definition) is 0. The van der Waals surface area contributed by atoms with Crippen molar-refractivity contribution in [1.82, 2.24) is 4.98 Å². The van der Waals surface area contributed by atoms with E-state index in [2.05, 4.69) is 77.3 Å². The second kappa shape index (κ2) is 7.66. The summed E-state index contributed by atoms with van der Waals surface area (Å²) in [6.45, 7) is 13.7. The van der Waals surface area contributed by atoms with Crippen LogP contribution in [0.2, 0.25) is 0 Å². The van der Waals surface area contributed by atoms with Crippen LogP contribution in [0.15, 0.2) is 52.4 Å². The van der Waals surface area contributed by atoms with Gasteiger partial charge in [0, 0.05) is 31.4 Å². The van der Waals surface area contributed by atoms with Crippen LogP contribution in [0.25, 0.3) is 53.4 Å². The Hall–Kier alpha value is -2.69. The predicted molar refractivity (Wildman–Crippen MR) is 150 cm³/mol. The van der Waals surface area contributed by atoms with Gasteiger partial charge in [-0.15, -0.1) is 22.7 Å². The third kappa shape index (κ3) is 3.30. The summed E-state index contributed by atoms with van der Waals surface area (Å²) in [7, 11) is 0. The monoisotopic (exact) mass is 483 g/mol. The van der Waals surface area contributed by atoms with Crippen LogP contribution in [-0.2, 0) is 11.8 Å². The van der Waals surface area contributed by atoms with E-state index in [0.717, 1.165) is 34.2 Å². The van der Waals surface area contributed by atoms with E-state index in [4.69, 9.17) is 9.40 Å². The molecule has 172 valence electrons. The summed E-state index contributed by atoms with van der Waals surface area (Å²) in [6.07, 6.45) is 2.99. The molecule has 2 aromatic carbocycles. The third-order valence-corrected chi connectivity index (χ3v) is 9.09. The predicted octanol–water partition coefficient (Wildman–Crippen LogP) is 9.88. The molecule has 0 spiro atoms. The number of thiophene rings is 2. The molecular weight excluding hydrogens is 454 g/mol. The quantitative estimate of drug-likeness (QED) is 0.250. The van der Waals surface area contributed by atoms with Crippen LogP contribution in [0, 0.1) is 12.8 Å². The van der Waals surface area contributed by atoms with Gasteiger partial charge in [-0.1, -0.05) is 34.6 Å². The molecule has 34 heavy (non-hydrogen) atoms. The molecule has 0 radical (unpaired) electrons. The number of fused-ring (bicyclic) bond motifs is 6. The Morgan fingerprint density at radius 3 is 2.53 bits per heavy atom. The highest BCUT2D eigenvalue weighted by Crippen LogP contribution is 2.45. The molecular formula is C30H29NOS2. The molecule has 0 amide bonds. The molecule has 4 heterocycles. The van der Waals surface area contributed by atoms with E-state index < -0.39 is 0 Å². The van der Waals surface area contributed by atoms with Gasteiger partial charge in [0.2, 0.25) is 0 Å². The van der Waals surface area contributed by atoms with Gasteiger partial charge in [0.05, 0.1) is 11.1 Å². The molecule has 0 aliphatic carbocycles. The van der Waals surface area contributed by atoms with Crippen LogP contribution in [0.5, 0.6) is 0 Å². The minimum absolute atomic E-state index is 0.0509. The fraction of sp³-hybridized carbons (Fsp3) is 0.300. The number of benzene rings is 2. The lowest BCUT2D eigenvalue weighted by atomic mass is 9.85. The van der Waals surface area contributed by atoms with Crippen molar-refractivity contribution in [3.8, 4) is 11.3 Å². The van der Waals surface area contributed by atoms with E-state index in [1.54, 1.807) is 0 Å². The van der Waals surface area contributed by atoms with Crippen molar-refractivity contribution < 1.29 is 4.42 Å². The lowest BCUT2D eigenvalue weighted by Gasteiger charge is -2.21. The first-order valence-corrected chi connectivity index (χ1v) is 13.7. The summed E-state index contributed by atoms with van der Waals surface area (Å²) in [5.41, 5.74) is 6.86. The van der Waals surface area contributed by atoms with Gasteiger partial charge in [0.25, 0.3) is 0 Å². The zero-order valence-electron chi connectivity index (χ0n) is 20.6. The topological polar surface area (TPSA) is 26.0 Å². The van der Waals surface area contributed by atoms with Crippen molar-refractivity contribution in [2.75, 3.05) is 0 Å². The Bertz CT molecular complexity index is 1710. The Morgan fingerprint density at radius 1 is 0.971 bits per heavy atom. The maximum absolute atomic E-state index is 6.39. The van der Waals surface area contributed by atoms with Crippen molar-refractivity contribution in [2.45, 2.75) is 53.4 Å². The molecule has 6 aromatic rings. The van der Waals surface area contributed by atoms with Gasteiger partial charge in [-0.2, -0.15) is 0 Å². The summed E-state index contributed by atoms with van der Waals surface area (Å²) in [4.78, 5) is 6.43. The van der Waals surface area contributed by atoms with Crippen LogP contribution < -0.4 is 0 Å². The van der Waals surface area contributed by atoms with Crippen molar-refractivity contribution in [3.63, 3.8) is 0 Å². The smallest absolute Gasteiger partial charge is 0.139 e. The van der Waals surface area contributed by atoms with Gasteiger partial charge >= 0.3 is 0 Å². The minimum Gasteiger partial charge on any atom is -0.456 e. The molecule has 0 saturated heterocycles. The highest BCUT2D eigenvalue weighted by atomic mass is 32.1. The Balaban J connectivity index is 1.71. The molecule has 0 unspecified atom stereocenters. The summed E-state index contributed by atoms with van der Waals surface area (Å²) < 4.78 is 9.09. The van der Waals surface area contributed by atoms with Crippen molar-refractivity contribution in [1.29, 1.82) is 0 Å². The molecule has 0 saturated carbocycles.